The summed E-state index contributed by atoms with van der Waals surface area (Å²) in [6, 6.07) is 4.75. The van der Waals surface area contributed by atoms with Gasteiger partial charge in [0.1, 0.15) is 0 Å². The van der Waals surface area contributed by atoms with Crippen molar-refractivity contribution in [3.63, 3.8) is 0 Å². The van der Waals surface area contributed by atoms with E-state index >= 15 is 0 Å². The number of carbonyl (C=O) groups excluding carboxylic acids is 1. The van der Waals surface area contributed by atoms with Crippen LogP contribution in [0.4, 0.5) is 5.13 Å². The zero-order chi connectivity index (χ0) is 14.0. The first-order valence-electron chi connectivity index (χ1n) is 5.80. The quantitative estimate of drug-likeness (QED) is 0.940. The SMILES string of the molecule is CCCC(=O)Nc1nc2ccc(S(C)(=O)=O)cc2s1. The predicted octanol–water partition coefficient (Wildman–Crippen LogP) is 2.44. The first-order chi connectivity index (χ1) is 8.90. The summed E-state index contributed by atoms with van der Waals surface area (Å²) >= 11 is 1.27. The molecule has 0 bridgehead atoms. The first kappa shape index (κ1) is 14.0. The molecule has 0 saturated heterocycles. The molecule has 0 aliphatic heterocycles. The largest absolute Gasteiger partial charge is 0.302 e. The molecule has 2 rings (SSSR count). The average Bonchev–Trinajstić information content (AvgIpc) is 2.68. The minimum atomic E-state index is -3.23. The second-order valence-corrected chi connectivity index (χ2v) is 7.27. The number of thiazole rings is 1. The molecule has 0 fully saturated rings. The summed E-state index contributed by atoms with van der Waals surface area (Å²) in [4.78, 5) is 16.0. The average molecular weight is 298 g/mol. The highest BCUT2D eigenvalue weighted by Crippen LogP contribution is 2.28. The molecule has 0 aliphatic carbocycles. The van der Waals surface area contributed by atoms with E-state index in [4.69, 9.17) is 0 Å². The Balaban J connectivity index is 2.33. The van der Waals surface area contributed by atoms with E-state index < -0.39 is 9.84 Å². The second kappa shape index (κ2) is 5.26. The lowest BCUT2D eigenvalue weighted by Crippen LogP contribution is -2.09. The van der Waals surface area contributed by atoms with Crippen molar-refractivity contribution in [2.75, 3.05) is 11.6 Å². The Morgan fingerprint density at radius 1 is 1.42 bits per heavy atom. The summed E-state index contributed by atoms with van der Waals surface area (Å²) in [5.41, 5.74) is 0.684. The summed E-state index contributed by atoms with van der Waals surface area (Å²) in [6.07, 6.45) is 2.39. The van der Waals surface area contributed by atoms with Crippen molar-refractivity contribution in [2.24, 2.45) is 0 Å². The molecule has 19 heavy (non-hydrogen) atoms. The van der Waals surface area contributed by atoms with Gasteiger partial charge in [0.15, 0.2) is 15.0 Å². The van der Waals surface area contributed by atoms with Crippen molar-refractivity contribution < 1.29 is 13.2 Å². The Hall–Kier alpha value is -1.47. The van der Waals surface area contributed by atoms with Crippen molar-refractivity contribution in [3.8, 4) is 0 Å². The van der Waals surface area contributed by atoms with Crippen LogP contribution in [0.25, 0.3) is 10.2 Å². The van der Waals surface area contributed by atoms with Gasteiger partial charge in [-0.3, -0.25) is 4.79 Å². The minimum absolute atomic E-state index is 0.0788. The van der Waals surface area contributed by atoms with Gasteiger partial charge in [0, 0.05) is 12.7 Å². The normalized spacial score (nSPS) is 11.7. The fourth-order valence-electron chi connectivity index (χ4n) is 1.60. The number of anilines is 1. The molecule has 0 atom stereocenters. The molecule has 1 N–H and O–H groups in total. The summed E-state index contributed by atoms with van der Waals surface area (Å²) in [6.45, 7) is 1.93. The highest BCUT2D eigenvalue weighted by Gasteiger charge is 2.11. The van der Waals surface area contributed by atoms with Gasteiger partial charge in [0.2, 0.25) is 5.91 Å². The van der Waals surface area contributed by atoms with Gasteiger partial charge < -0.3 is 5.32 Å². The van der Waals surface area contributed by atoms with Gasteiger partial charge in [-0.1, -0.05) is 18.3 Å². The van der Waals surface area contributed by atoms with Crippen LogP contribution in [0.2, 0.25) is 0 Å². The fraction of sp³-hybridized carbons (Fsp3) is 0.333. The zero-order valence-electron chi connectivity index (χ0n) is 10.6. The number of fused-ring (bicyclic) bond motifs is 1. The Morgan fingerprint density at radius 2 is 2.16 bits per heavy atom. The number of sulfone groups is 1. The van der Waals surface area contributed by atoms with E-state index in [2.05, 4.69) is 10.3 Å². The van der Waals surface area contributed by atoms with Crippen molar-refractivity contribution in [1.29, 1.82) is 0 Å². The lowest BCUT2D eigenvalue weighted by molar-refractivity contribution is -0.116. The maximum Gasteiger partial charge on any atom is 0.226 e. The van der Waals surface area contributed by atoms with Crippen LogP contribution in [0.1, 0.15) is 19.8 Å². The topological polar surface area (TPSA) is 76.1 Å². The van der Waals surface area contributed by atoms with Crippen LogP contribution >= 0.6 is 11.3 Å². The molecule has 102 valence electrons. The molecule has 2 aromatic rings. The molecule has 5 nitrogen and oxygen atoms in total. The highest BCUT2D eigenvalue weighted by atomic mass is 32.2. The highest BCUT2D eigenvalue weighted by molar-refractivity contribution is 7.90. The van der Waals surface area contributed by atoms with Crippen LogP contribution in [0, 0.1) is 0 Å². The van der Waals surface area contributed by atoms with Crippen molar-refractivity contribution in [1.82, 2.24) is 4.98 Å². The Kier molecular flexibility index (Phi) is 3.86. The van der Waals surface area contributed by atoms with Gasteiger partial charge in [-0.25, -0.2) is 13.4 Å². The Morgan fingerprint density at radius 3 is 2.79 bits per heavy atom. The van der Waals surface area contributed by atoms with Crippen LogP contribution < -0.4 is 5.32 Å². The minimum Gasteiger partial charge on any atom is -0.302 e. The number of carbonyl (C=O) groups is 1. The molecule has 1 aromatic heterocycles. The van der Waals surface area contributed by atoms with Crippen molar-refractivity contribution in [2.45, 2.75) is 24.7 Å². The molecule has 0 unspecified atom stereocenters. The van der Waals surface area contributed by atoms with Crippen LogP contribution in [-0.2, 0) is 14.6 Å². The van der Waals surface area contributed by atoms with Gasteiger partial charge in [-0.15, -0.1) is 0 Å². The van der Waals surface area contributed by atoms with Crippen LogP contribution in [0.15, 0.2) is 23.1 Å². The zero-order valence-corrected chi connectivity index (χ0v) is 12.3. The van der Waals surface area contributed by atoms with E-state index in [0.717, 1.165) is 11.1 Å². The summed E-state index contributed by atoms with van der Waals surface area (Å²) in [5, 5.41) is 3.21. The fourth-order valence-corrected chi connectivity index (χ4v) is 3.24. The number of nitrogens with one attached hydrogen (secondary N) is 1. The molecule has 1 heterocycles. The first-order valence-corrected chi connectivity index (χ1v) is 8.51. The molecule has 0 aliphatic rings. The van der Waals surface area contributed by atoms with E-state index in [0.29, 0.717) is 17.1 Å². The van der Waals surface area contributed by atoms with Gasteiger partial charge >= 0.3 is 0 Å². The number of benzene rings is 1. The van der Waals surface area contributed by atoms with Crippen molar-refractivity contribution >= 4 is 42.4 Å². The molecule has 0 spiro atoms. The standard InChI is InChI=1S/C12H14N2O3S2/c1-3-4-11(15)14-12-13-9-6-5-8(19(2,16)17)7-10(9)18-12/h5-7H,3-4H2,1-2H3,(H,13,14,15). The van der Waals surface area contributed by atoms with Gasteiger partial charge in [0.05, 0.1) is 15.1 Å². The maximum absolute atomic E-state index is 11.5. The lowest BCUT2D eigenvalue weighted by Gasteiger charge is -1.97. The molecule has 0 radical (unpaired) electrons. The van der Waals surface area contributed by atoms with E-state index in [-0.39, 0.29) is 10.8 Å². The third-order valence-corrected chi connectivity index (χ3v) is 4.56. The molecule has 1 amide bonds. The molecular formula is C12H14N2O3S2. The smallest absolute Gasteiger partial charge is 0.226 e. The number of hydrogen-bond donors (Lipinski definition) is 1. The maximum atomic E-state index is 11.5. The van der Waals surface area contributed by atoms with Crippen LogP contribution in [-0.4, -0.2) is 25.6 Å². The predicted molar refractivity (Wildman–Crippen MR) is 76.3 cm³/mol. The second-order valence-electron chi connectivity index (χ2n) is 4.22. The number of amides is 1. The van der Waals surface area contributed by atoms with Gasteiger partial charge in [-0.05, 0) is 24.6 Å². The van der Waals surface area contributed by atoms with E-state index in [1.165, 1.54) is 23.7 Å². The van der Waals surface area contributed by atoms with E-state index in [1.807, 2.05) is 6.92 Å². The van der Waals surface area contributed by atoms with Crippen molar-refractivity contribution in [3.05, 3.63) is 18.2 Å². The monoisotopic (exact) mass is 298 g/mol. The third kappa shape index (κ3) is 3.30. The Bertz CT molecular complexity index is 720. The van der Waals surface area contributed by atoms with Crippen LogP contribution in [0.5, 0.6) is 0 Å². The van der Waals surface area contributed by atoms with Gasteiger partial charge in [0.25, 0.3) is 0 Å². The number of nitrogens with zero attached hydrogens (tertiary/aromatic N) is 1. The number of aromatic nitrogens is 1. The van der Waals surface area contributed by atoms with E-state index in [1.54, 1.807) is 12.1 Å². The Labute approximate surface area is 115 Å². The number of hydrogen-bond acceptors (Lipinski definition) is 5. The summed E-state index contributed by atoms with van der Waals surface area (Å²) in [5.74, 6) is -0.0788. The molecular weight excluding hydrogens is 284 g/mol. The summed E-state index contributed by atoms with van der Waals surface area (Å²) in [7, 11) is -3.23. The van der Waals surface area contributed by atoms with Gasteiger partial charge in [-0.2, -0.15) is 0 Å². The van der Waals surface area contributed by atoms with E-state index in [9.17, 15) is 13.2 Å². The molecule has 1 aromatic carbocycles. The third-order valence-electron chi connectivity index (χ3n) is 2.51. The lowest BCUT2D eigenvalue weighted by atomic mass is 10.3. The van der Waals surface area contributed by atoms with Crippen LogP contribution in [0.3, 0.4) is 0 Å². The molecule has 7 heteroatoms. The summed E-state index contributed by atoms with van der Waals surface area (Å²) < 4.78 is 23.7. The molecule has 0 saturated carbocycles. The number of rotatable bonds is 4.